The Labute approximate surface area is 185 Å². The van der Waals surface area contributed by atoms with Crippen LogP contribution in [-0.4, -0.2) is 39.4 Å². The molecule has 0 atom stereocenters. The van der Waals surface area contributed by atoms with Gasteiger partial charge in [0, 0.05) is 30.4 Å². The lowest BCUT2D eigenvalue weighted by atomic mass is 10.1. The number of benzene rings is 2. The number of hydrogen-bond acceptors (Lipinski definition) is 5. The molecule has 2 aromatic heterocycles. The highest BCUT2D eigenvalue weighted by molar-refractivity contribution is 7.90. The molecule has 2 aromatic carbocycles. The number of aliphatic carboxylic acids is 1. The van der Waals surface area contributed by atoms with E-state index in [1.54, 1.807) is 53.5 Å². The molecule has 0 aliphatic rings. The minimum atomic E-state index is -3.91. The molecule has 1 N–H and O–H groups in total. The summed E-state index contributed by atoms with van der Waals surface area (Å²) in [6, 6.07) is 13.4. The first-order chi connectivity index (χ1) is 15.3. The van der Waals surface area contributed by atoms with Gasteiger partial charge in [0.1, 0.15) is 5.75 Å². The number of carboxylic acids is 1. The van der Waals surface area contributed by atoms with Gasteiger partial charge in [-0.2, -0.15) is 5.10 Å². The van der Waals surface area contributed by atoms with Crippen LogP contribution < -0.4 is 4.74 Å². The lowest BCUT2D eigenvalue weighted by Gasteiger charge is -2.11. The van der Waals surface area contributed by atoms with Gasteiger partial charge in [0.2, 0.25) is 0 Å². The van der Waals surface area contributed by atoms with Gasteiger partial charge >= 0.3 is 5.97 Å². The summed E-state index contributed by atoms with van der Waals surface area (Å²) in [4.78, 5) is 11.2. The van der Waals surface area contributed by atoms with Crippen LogP contribution in [0.5, 0.6) is 5.75 Å². The second-order valence-electron chi connectivity index (χ2n) is 7.64. The third-order valence-corrected chi connectivity index (χ3v) is 6.65. The summed E-state index contributed by atoms with van der Waals surface area (Å²) < 4.78 is 35.5. The molecule has 9 heteroatoms. The molecule has 0 aliphatic carbocycles. The maximum Gasteiger partial charge on any atom is 0.303 e. The number of nitrogens with zero attached hydrogens (tertiary/aromatic N) is 3. The van der Waals surface area contributed by atoms with Gasteiger partial charge in [-0.05, 0) is 74.4 Å². The SMILES string of the molecule is CC(C)Oc1ccc2c(c1)c(CCC(=O)O)cn2S(=O)(=O)c1ccc(-n2cccn2)cc1. The molecule has 0 saturated heterocycles. The Balaban J connectivity index is 1.78. The van der Waals surface area contributed by atoms with Gasteiger partial charge in [0.15, 0.2) is 0 Å². The van der Waals surface area contributed by atoms with E-state index in [-0.39, 0.29) is 23.8 Å². The minimum Gasteiger partial charge on any atom is -0.491 e. The van der Waals surface area contributed by atoms with E-state index in [2.05, 4.69) is 5.10 Å². The van der Waals surface area contributed by atoms with Crippen LogP contribution >= 0.6 is 0 Å². The number of aromatic nitrogens is 3. The number of hydrogen-bond donors (Lipinski definition) is 1. The Morgan fingerprint density at radius 1 is 1.16 bits per heavy atom. The van der Waals surface area contributed by atoms with Gasteiger partial charge in [-0.3, -0.25) is 4.79 Å². The summed E-state index contributed by atoms with van der Waals surface area (Å²) in [6.45, 7) is 3.80. The average Bonchev–Trinajstić information content (AvgIpc) is 3.40. The lowest BCUT2D eigenvalue weighted by molar-refractivity contribution is -0.136. The fourth-order valence-corrected chi connectivity index (χ4v) is 4.93. The van der Waals surface area contributed by atoms with Crippen molar-refractivity contribution >= 4 is 26.9 Å². The Bertz CT molecular complexity index is 1350. The second-order valence-corrected chi connectivity index (χ2v) is 9.45. The zero-order valence-electron chi connectivity index (χ0n) is 17.7. The minimum absolute atomic E-state index is 0.0472. The molecule has 0 amide bonds. The lowest BCUT2D eigenvalue weighted by Crippen LogP contribution is -2.12. The average molecular weight is 454 g/mol. The quantitative estimate of drug-likeness (QED) is 0.434. The molecule has 0 bridgehead atoms. The first-order valence-electron chi connectivity index (χ1n) is 10.1. The molecule has 4 rings (SSSR count). The monoisotopic (exact) mass is 453 g/mol. The maximum atomic E-state index is 13.5. The van der Waals surface area contributed by atoms with Crippen LogP contribution in [0.25, 0.3) is 16.6 Å². The predicted octanol–water partition coefficient (Wildman–Crippen LogP) is 3.87. The number of carboxylic acid groups (broad SMARTS) is 1. The van der Waals surface area contributed by atoms with Crippen LogP contribution in [0.3, 0.4) is 0 Å². The van der Waals surface area contributed by atoms with Crippen LogP contribution in [-0.2, 0) is 21.2 Å². The van der Waals surface area contributed by atoms with Crippen LogP contribution in [0.1, 0.15) is 25.8 Å². The van der Waals surface area contributed by atoms with E-state index in [0.717, 1.165) is 5.69 Å². The van der Waals surface area contributed by atoms with Gasteiger partial charge in [-0.15, -0.1) is 0 Å². The zero-order chi connectivity index (χ0) is 22.9. The highest BCUT2D eigenvalue weighted by Gasteiger charge is 2.22. The molecular formula is C23H23N3O5S. The van der Waals surface area contributed by atoms with Crippen LogP contribution in [0.2, 0.25) is 0 Å². The molecular weight excluding hydrogens is 430 g/mol. The van der Waals surface area contributed by atoms with Crippen molar-refractivity contribution in [3.63, 3.8) is 0 Å². The summed E-state index contributed by atoms with van der Waals surface area (Å²) in [5.41, 5.74) is 1.84. The zero-order valence-corrected chi connectivity index (χ0v) is 18.5. The summed E-state index contributed by atoms with van der Waals surface area (Å²) in [6.07, 6.45) is 4.98. The standard InChI is InChI=1S/C23H23N3O5S/c1-16(2)31-19-7-10-22-21(14-19)17(4-11-23(27)28)15-26(22)32(29,30)20-8-5-18(6-9-20)25-13-3-12-24-25/h3,5-10,12-16H,4,11H2,1-2H3,(H,27,28). The third-order valence-electron chi connectivity index (χ3n) is 4.97. The molecule has 0 spiro atoms. The molecule has 166 valence electrons. The number of fused-ring (bicyclic) bond motifs is 1. The van der Waals surface area contributed by atoms with Crippen molar-refractivity contribution in [2.45, 2.75) is 37.7 Å². The summed E-state index contributed by atoms with van der Waals surface area (Å²) in [5.74, 6) is -0.347. The third kappa shape index (κ3) is 4.24. The Morgan fingerprint density at radius 3 is 2.53 bits per heavy atom. The maximum absolute atomic E-state index is 13.5. The van der Waals surface area contributed by atoms with E-state index in [9.17, 15) is 13.2 Å². The first kappa shape index (κ1) is 21.6. The fraction of sp³-hybridized carbons (Fsp3) is 0.217. The summed E-state index contributed by atoms with van der Waals surface area (Å²) in [7, 11) is -3.91. The van der Waals surface area contributed by atoms with E-state index in [1.165, 1.54) is 22.3 Å². The number of rotatable bonds is 8. The Kier molecular flexibility index (Phi) is 5.75. The summed E-state index contributed by atoms with van der Waals surface area (Å²) in [5, 5.41) is 13.9. The Hall–Kier alpha value is -3.59. The molecule has 0 saturated carbocycles. The first-order valence-corrected chi connectivity index (χ1v) is 11.6. The summed E-state index contributed by atoms with van der Waals surface area (Å²) >= 11 is 0. The smallest absolute Gasteiger partial charge is 0.303 e. The molecule has 4 aromatic rings. The molecule has 2 heterocycles. The number of aryl methyl sites for hydroxylation is 1. The van der Waals surface area contributed by atoms with Crippen molar-refractivity contribution < 1.29 is 23.1 Å². The van der Waals surface area contributed by atoms with Crippen LogP contribution in [0.15, 0.2) is 72.0 Å². The van der Waals surface area contributed by atoms with Gasteiger partial charge in [-0.25, -0.2) is 17.1 Å². The van der Waals surface area contributed by atoms with Gasteiger partial charge < -0.3 is 9.84 Å². The predicted molar refractivity (Wildman–Crippen MR) is 120 cm³/mol. The van der Waals surface area contributed by atoms with Crippen LogP contribution in [0.4, 0.5) is 0 Å². The highest BCUT2D eigenvalue weighted by Crippen LogP contribution is 2.30. The van der Waals surface area contributed by atoms with Gasteiger partial charge in [-0.1, -0.05) is 0 Å². The van der Waals surface area contributed by atoms with Gasteiger partial charge in [0.05, 0.1) is 22.2 Å². The number of ether oxygens (including phenoxy) is 1. The molecule has 0 aliphatic heterocycles. The normalized spacial score (nSPS) is 11.8. The van der Waals surface area contributed by atoms with E-state index >= 15 is 0 Å². The second kappa shape index (κ2) is 8.51. The molecule has 8 nitrogen and oxygen atoms in total. The fourth-order valence-electron chi connectivity index (χ4n) is 3.54. The molecule has 32 heavy (non-hydrogen) atoms. The van der Waals surface area contributed by atoms with Crippen LogP contribution in [0, 0.1) is 0 Å². The van der Waals surface area contributed by atoms with Crippen molar-refractivity contribution in [3.05, 3.63) is 72.7 Å². The largest absolute Gasteiger partial charge is 0.491 e. The highest BCUT2D eigenvalue weighted by atomic mass is 32.2. The van der Waals surface area contributed by atoms with E-state index in [0.29, 0.717) is 22.2 Å². The topological polar surface area (TPSA) is 103 Å². The van der Waals surface area contributed by atoms with Crippen molar-refractivity contribution in [1.29, 1.82) is 0 Å². The molecule has 0 unspecified atom stereocenters. The van der Waals surface area contributed by atoms with Crippen molar-refractivity contribution in [1.82, 2.24) is 13.8 Å². The number of carbonyl (C=O) groups is 1. The Morgan fingerprint density at radius 2 is 1.91 bits per heavy atom. The van der Waals surface area contributed by atoms with Crippen molar-refractivity contribution in [2.75, 3.05) is 0 Å². The van der Waals surface area contributed by atoms with Crippen molar-refractivity contribution in [3.8, 4) is 11.4 Å². The van der Waals surface area contributed by atoms with E-state index in [1.807, 2.05) is 13.8 Å². The van der Waals surface area contributed by atoms with E-state index < -0.39 is 16.0 Å². The molecule has 0 fully saturated rings. The van der Waals surface area contributed by atoms with E-state index in [4.69, 9.17) is 9.84 Å². The van der Waals surface area contributed by atoms with Gasteiger partial charge in [0.25, 0.3) is 10.0 Å². The van der Waals surface area contributed by atoms with Crippen molar-refractivity contribution in [2.24, 2.45) is 0 Å². The molecule has 0 radical (unpaired) electrons.